The summed E-state index contributed by atoms with van der Waals surface area (Å²) < 4.78 is 0. The molecule has 1 saturated heterocycles. The molecule has 23 heavy (non-hydrogen) atoms. The Morgan fingerprint density at radius 1 is 1.30 bits per heavy atom. The van der Waals surface area contributed by atoms with E-state index >= 15 is 0 Å². The van der Waals surface area contributed by atoms with E-state index in [0.717, 1.165) is 0 Å². The minimum atomic E-state index is -1.11. The second kappa shape index (κ2) is 7.34. The van der Waals surface area contributed by atoms with Crippen LogP contribution in [-0.2, 0) is 16.0 Å². The number of amides is 1. The van der Waals surface area contributed by atoms with E-state index in [-0.39, 0.29) is 18.2 Å². The van der Waals surface area contributed by atoms with Gasteiger partial charge in [-0.15, -0.1) is 0 Å². The average molecular weight is 320 g/mol. The highest BCUT2D eigenvalue weighted by Crippen LogP contribution is 2.14. The zero-order valence-electron chi connectivity index (χ0n) is 12.8. The fourth-order valence-corrected chi connectivity index (χ4v) is 2.60. The van der Waals surface area contributed by atoms with Crippen molar-refractivity contribution in [2.75, 3.05) is 6.54 Å². The molecule has 1 fully saturated rings. The van der Waals surface area contributed by atoms with E-state index in [9.17, 15) is 19.5 Å². The highest BCUT2D eigenvalue weighted by molar-refractivity contribution is 6.00. The van der Waals surface area contributed by atoms with E-state index < -0.39 is 24.0 Å². The van der Waals surface area contributed by atoms with Gasteiger partial charge in [0, 0.05) is 25.5 Å². The number of ketones is 1. The van der Waals surface area contributed by atoms with Gasteiger partial charge in [-0.25, -0.2) is 4.79 Å². The Bertz CT molecular complexity index is 599. The van der Waals surface area contributed by atoms with Crippen molar-refractivity contribution in [2.24, 2.45) is 0 Å². The molecule has 2 rings (SSSR count). The minimum Gasteiger partial charge on any atom is -0.480 e. The first-order valence-corrected chi connectivity index (χ1v) is 7.41. The van der Waals surface area contributed by atoms with Crippen LogP contribution in [0, 0.1) is 0 Å². The number of β-amino-alcohol motifs (C(OH)–C–C–N with tert-alkyl or cyclic N) is 1. The summed E-state index contributed by atoms with van der Waals surface area (Å²) in [6.07, 6.45) is 0.0331. The molecule has 0 saturated carbocycles. The molecule has 0 bridgehead atoms. The van der Waals surface area contributed by atoms with E-state index in [4.69, 9.17) is 5.11 Å². The summed E-state index contributed by atoms with van der Waals surface area (Å²) >= 11 is 0. The molecule has 1 aromatic carbocycles. The quantitative estimate of drug-likeness (QED) is 0.536. The molecular weight excluding hydrogens is 300 g/mol. The molecule has 1 aliphatic heterocycles. The molecule has 1 aliphatic rings. The molecule has 124 valence electrons. The smallest absolute Gasteiger partial charge is 0.326 e. The van der Waals surface area contributed by atoms with Crippen molar-refractivity contribution in [1.82, 2.24) is 10.6 Å². The van der Waals surface area contributed by atoms with Crippen molar-refractivity contribution >= 4 is 17.7 Å². The Morgan fingerprint density at radius 2 is 1.96 bits per heavy atom. The molecule has 0 spiro atoms. The van der Waals surface area contributed by atoms with Crippen LogP contribution in [-0.4, -0.2) is 52.6 Å². The van der Waals surface area contributed by atoms with E-state index in [1.54, 1.807) is 24.3 Å². The summed E-state index contributed by atoms with van der Waals surface area (Å²) in [5.41, 5.74) is 1.22. The van der Waals surface area contributed by atoms with Gasteiger partial charge in [0.15, 0.2) is 5.78 Å². The molecule has 0 radical (unpaired) electrons. The molecule has 7 nitrogen and oxygen atoms in total. The van der Waals surface area contributed by atoms with E-state index in [1.807, 2.05) is 0 Å². The number of Topliss-reactive ketones (excluding diaryl/α,β-unsaturated/α-hetero) is 1. The van der Waals surface area contributed by atoms with E-state index in [1.165, 1.54) is 6.92 Å². The van der Waals surface area contributed by atoms with Crippen molar-refractivity contribution in [3.63, 3.8) is 0 Å². The van der Waals surface area contributed by atoms with Gasteiger partial charge in [-0.1, -0.05) is 24.3 Å². The summed E-state index contributed by atoms with van der Waals surface area (Å²) in [5.74, 6) is -1.61. The van der Waals surface area contributed by atoms with Crippen LogP contribution in [0.15, 0.2) is 24.3 Å². The maximum absolute atomic E-state index is 12.3. The highest BCUT2D eigenvalue weighted by atomic mass is 16.4. The van der Waals surface area contributed by atoms with Crippen molar-refractivity contribution in [3.05, 3.63) is 35.4 Å². The number of nitrogens with one attached hydrogen (secondary N) is 2. The zero-order valence-corrected chi connectivity index (χ0v) is 12.8. The second-order valence-electron chi connectivity index (χ2n) is 5.71. The maximum atomic E-state index is 12.3. The Kier molecular flexibility index (Phi) is 5.46. The summed E-state index contributed by atoms with van der Waals surface area (Å²) in [6, 6.07) is 5.24. The van der Waals surface area contributed by atoms with E-state index in [2.05, 4.69) is 10.6 Å². The van der Waals surface area contributed by atoms with Crippen LogP contribution in [0.3, 0.4) is 0 Å². The molecule has 1 amide bonds. The number of carbonyl (C=O) groups excluding carboxylic acids is 2. The lowest BCUT2D eigenvalue weighted by Gasteiger charge is -2.14. The van der Waals surface area contributed by atoms with Gasteiger partial charge in [-0.05, 0) is 12.0 Å². The third kappa shape index (κ3) is 4.61. The lowest BCUT2D eigenvalue weighted by atomic mass is 9.99. The van der Waals surface area contributed by atoms with Gasteiger partial charge in [-0.3, -0.25) is 9.59 Å². The summed E-state index contributed by atoms with van der Waals surface area (Å²) in [4.78, 5) is 34.4. The predicted molar refractivity (Wildman–Crippen MR) is 82.1 cm³/mol. The van der Waals surface area contributed by atoms with Crippen LogP contribution in [0.25, 0.3) is 0 Å². The number of aliphatic hydroxyl groups excluding tert-OH is 1. The van der Waals surface area contributed by atoms with Crippen LogP contribution >= 0.6 is 0 Å². The number of carboxylic acids is 1. The SMILES string of the molecule is CC(=O)N[C@@H](Cc1ccc(C(=O)[C@@H]2C[C@@H](O)CN2)cc1)C(=O)O. The third-order valence-corrected chi connectivity index (χ3v) is 3.78. The van der Waals surface area contributed by atoms with Crippen molar-refractivity contribution in [3.8, 4) is 0 Å². The number of hydrogen-bond acceptors (Lipinski definition) is 5. The maximum Gasteiger partial charge on any atom is 0.326 e. The monoisotopic (exact) mass is 320 g/mol. The molecule has 7 heteroatoms. The van der Waals surface area contributed by atoms with Crippen molar-refractivity contribution < 1.29 is 24.6 Å². The fraction of sp³-hybridized carbons (Fsp3) is 0.438. The molecule has 1 aromatic rings. The number of rotatable bonds is 6. The number of carbonyl (C=O) groups is 3. The van der Waals surface area contributed by atoms with Crippen LogP contribution in [0.5, 0.6) is 0 Å². The molecule has 0 aromatic heterocycles. The normalized spacial score (nSPS) is 21.7. The number of aliphatic carboxylic acids is 1. The van der Waals surface area contributed by atoms with Crippen molar-refractivity contribution in [2.45, 2.75) is 38.0 Å². The van der Waals surface area contributed by atoms with Crippen molar-refractivity contribution in [1.29, 1.82) is 0 Å². The first-order valence-electron chi connectivity index (χ1n) is 7.41. The fourth-order valence-electron chi connectivity index (χ4n) is 2.60. The Morgan fingerprint density at radius 3 is 2.43 bits per heavy atom. The zero-order chi connectivity index (χ0) is 17.0. The topological polar surface area (TPSA) is 116 Å². The molecule has 4 N–H and O–H groups in total. The van der Waals surface area contributed by atoms with E-state index in [0.29, 0.717) is 24.1 Å². The largest absolute Gasteiger partial charge is 0.480 e. The van der Waals surface area contributed by atoms with Gasteiger partial charge in [0.25, 0.3) is 0 Å². The molecule has 1 heterocycles. The Labute approximate surface area is 133 Å². The summed E-state index contributed by atoms with van der Waals surface area (Å²) in [6.45, 7) is 1.67. The number of carboxylic acid groups (broad SMARTS) is 1. The van der Waals surface area contributed by atoms with Gasteiger partial charge in [0.05, 0.1) is 12.1 Å². The predicted octanol–water partition coefficient (Wildman–Crippen LogP) is -0.276. The molecule has 0 unspecified atom stereocenters. The standard InChI is InChI=1S/C16H20N2O5/c1-9(19)18-14(16(22)23)6-10-2-4-11(5-3-10)15(21)13-7-12(20)8-17-13/h2-5,12-14,17,20H,6-8H2,1H3,(H,18,19)(H,22,23)/t12-,13+,14+/m1/s1. The molecular formula is C16H20N2O5. The lowest BCUT2D eigenvalue weighted by Crippen LogP contribution is -2.41. The highest BCUT2D eigenvalue weighted by Gasteiger charge is 2.28. The van der Waals surface area contributed by atoms with Crippen LogP contribution < -0.4 is 10.6 Å². The summed E-state index contributed by atoms with van der Waals surface area (Å²) in [7, 11) is 0. The Balaban J connectivity index is 2.02. The number of hydrogen-bond donors (Lipinski definition) is 4. The number of benzene rings is 1. The summed E-state index contributed by atoms with van der Waals surface area (Å²) in [5, 5.41) is 23.9. The van der Waals surface area contributed by atoms with Gasteiger partial charge < -0.3 is 20.8 Å². The van der Waals surface area contributed by atoms with Gasteiger partial charge in [0.1, 0.15) is 6.04 Å². The average Bonchev–Trinajstić information content (AvgIpc) is 2.92. The third-order valence-electron chi connectivity index (χ3n) is 3.78. The molecule has 3 atom stereocenters. The Hall–Kier alpha value is -2.25. The van der Waals surface area contributed by atoms with Gasteiger partial charge in [0.2, 0.25) is 5.91 Å². The first kappa shape index (κ1) is 17.1. The molecule has 0 aliphatic carbocycles. The number of aliphatic hydroxyl groups is 1. The van der Waals surface area contributed by atoms with Crippen LogP contribution in [0.2, 0.25) is 0 Å². The minimum absolute atomic E-state index is 0.0928. The second-order valence-corrected chi connectivity index (χ2v) is 5.71. The first-order chi connectivity index (χ1) is 10.9. The van der Waals surface area contributed by atoms with Crippen LogP contribution in [0.1, 0.15) is 29.3 Å². The van der Waals surface area contributed by atoms with Gasteiger partial charge >= 0.3 is 5.97 Å². The van der Waals surface area contributed by atoms with Gasteiger partial charge in [-0.2, -0.15) is 0 Å². The lowest BCUT2D eigenvalue weighted by molar-refractivity contribution is -0.141. The van der Waals surface area contributed by atoms with Crippen LogP contribution in [0.4, 0.5) is 0 Å².